The zero-order chi connectivity index (χ0) is 16.4. The van der Waals surface area contributed by atoms with Crippen LogP contribution in [0.3, 0.4) is 0 Å². The van der Waals surface area contributed by atoms with E-state index in [1.54, 1.807) is 11.5 Å². The molecule has 7 heteroatoms. The Hall–Kier alpha value is -1.89. The first kappa shape index (κ1) is 16.5. The summed E-state index contributed by atoms with van der Waals surface area (Å²) < 4.78 is 4.79. The number of imidazole rings is 1. The Bertz CT molecular complexity index is 782. The van der Waals surface area contributed by atoms with Crippen LogP contribution in [0.4, 0.5) is 0 Å². The van der Waals surface area contributed by atoms with Gasteiger partial charge in [0.2, 0.25) is 0 Å². The monoisotopic (exact) mass is 307 g/mol. The summed E-state index contributed by atoms with van der Waals surface area (Å²) in [4.78, 5) is 29.8. The molecule has 0 unspecified atom stereocenters. The predicted octanol–water partition coefficient (Wildman–Crippen LogP) is 0.872. The molecule has 2 heterocycles. The van der Waals surface area contributed by atoms with E-state index in [4.69, 9.17) is 5.73 Å². The van der Waals surface area contributed by atoms with Crippen molar-refractivity contribution in [3.63, 3.8) is 0 Å². The number of aromatic nitrogens is 4. The topological polar surface area (TPSA) is 87.8 Å². The predicted molar refractivity (Wildman–Crippen MR) is 87.4 cm³/mol. The maximum absolute atomic E-state index is 12.7. The van der Waals surface area contributed by atoms with Gasteiger partial charge in [0.05, 0.1) is 0 Å². The van der Waals surface area contributed by atoms with E-state index in [0.717, 1.165) is 12.2 Å². The van der Waals surface area contributed by atoms with Crippen LogP contribution < -0.4 is 17.0 Å². The van der Waals surface area contributed by atoms with E-state index in [9.17, 15) is 9.59 Å². The number of nitrogens with zero attached hydrogens (tertiary/aromatic N) is 4. The van der Waals surface area contributed by atoms with Crippen LogP contribution in [0.15, 0.2) is 9.59 Å². The molecule has 0 atom stereocenters. The second kappa shape index (κ2) is 6.48. The van der Waals surface area contributed by atoms with Crippen LogP contribution in [-0.4, -0.2) is 25.2 Å². The summed E-state index contributed by atoms with van der Waals surface area (Å²) in [6.45, 7) is 9.79. The molecule has 0 amide bonds. The molecule has 0 aliphatic heterocycles. The lowest BCUT2D eigenvalue weighted by molar-refractivity contribution is 0.591. The summed E-state index contributed by atoms with van der Waals surface area (Å²) in [6, 6.07) is 0. The van der Waals surface area contributed by atoms with Gasteiger partial charge in [0.25, 0.3) is 5.56 Å². The van der Waals surface area contributed by atoms with Gasteiger partial charge in [0.1, 0.15) is 5.82 Å². The van der Waals surface area contributed by atoms with Crippen LogP contribution in [0.25, 0.3) is 11.2 Å². The zero-order valence-electron chi connectivity index (χ0n) is 13.8. The third-order valence-electron chi connectivity index (χ3n) is 3.88. The van der Waals surface area contributed by atoms with Gasteiger partial charge in [0.15, 0.2) is 11.2 Å². The summed E-state index contributed by atoms with van der Waals surface area (Å²) >= 11 is 0. The van der Waals surface area contributed by atoms with Crippen molar-refractivity contribution in [3.05, 3.63) is 26.7 Å². The molecule has 0 radical (unpaired) electrons. The number of rotatable bonds is 6. The number of hydrogen-bond donors (Lipinski definition) is 1. The Labute approximate surface area is 129 Å². The molecule has 2 aromatic heterocycles. The average Bonchev–Trinajstić information content (AvgIpc) is 2.85. The van der Waals surface area contributed by atoms with Gasteiger partial charge < -0.3 is 10.3 Å². The fourth-order valence-electron chi connectivity index (χ4n) is 2.79. The van der Waals surface area contributed by atoms with Crippen LogP contribution >= 0.6 is 0 Å². The quantitative estimate of drug-likeness (QED) is 0.858. The first-order valence-electron chi connectivity index (χ1n) is 7.91. The van der Waals surface area contributed by atoms with E-state index < -0.39 is 0 Å². The van der Waals surface area contributed by atoms with E-state index >= 15 is 0 Å². The second-order valence-corrected chi connectivity index (χ2v) is 5.67. The molecule has 0 fully saturated rings. The lowest BCUT2D eigenvalue weighted by atomic mass is 10.2. The lowest BCUT2D eigenvalue weighted by Crippen LogP contribution is -2.40. The van der Waals surface area contributed by atoms with Crippen molar-refractivity contribution in [2.24, 2.45) is 5.73 Å². The van der Waals surface area contributed by atoms with Gasteiger partial charge in [0, 0.05) is 25.6 Å². The minimum Gasteiger partial charge on any atom is -0.330 e. The number of aryl methyl sites for hydroxylation is 2. The standard InChI is InChI=1S/C15H25N5O2/c1-5-18-13-11(14(21)19(6-2)15(18)22)20(9-7-8-16)12(17-13)10(3)4/h10H,5-9,16H2,1-4H3. The van der Waals surface area contributed by atoms with E-state index in [-0.39, 0.29) is 17.2 Å². The third kappa shape index (κ3) is 2.49. The van der Waals surface area contributed by atoms with Crippen LogP contribution in [0.2, 0.25) is 0 Å². The zero-order valence-corrected chi connectivity index (χ0v) is 13.8. The maximum atomic E-state index is 12.7. The number of fused-ring (bicyclic) bond motifs is 1. The highest BCUT2D eigenvalue weighted by Gasteiger charge is 2.21. The Morgan fingerprint density at radius 3 is 2.23 bits per heavy atom. The van der Waals surface area contributed by atoms with E-state index in [1.807, 2.05) is 25.3 Å². The molecule has 0 aromatic carbocycles. The van der Waals surface area contributed by atoms with Crippen molar-refractivity contribution in [3.8, 4) is 0 Å². The van der Waals surface area contributed by atoms with Gasteiger partial charge in [-0.25, -0.2) is 9.78 Å². The fraction of sp³-hybridized carbons (Fsp3) is 0.667. The van der Waals surface area contributed by atoms with E-state index in [1.165, 1.54) is 4.57 Å². The third-order valence-corrected chi connectivity index (χ3v) is 3.88. The first-order valence-corrected chi connectivity index (χ1v) is 7.91. The Kier molecular flexibility index (Phi) is 4.85. The van der Waals surface area contributed by atoms with Crippen LogP contribution in [-0.2, 0) is 19.6 Å². The van der Waals surface area contributed by atoms with Crippen molar-refractivity contribution < 1.29 is 0 Å². The average molecular weight is 307 g/mol. The van der Waals surface area contributed by atoms with Crippen molar-refractivity contribution in [2.45, 2.75) is 59.7 Å². The summed E-state index contributed by atoms with van der Waals surface area (Å²) in [5, 5.41) is 0. The van der Waals surface area contributed by atoms with Gasteiger partial charge in [-0.05, 0) is 26.8 Å². The van der Waals surface area contributed by atoms with Crippen molar-refractivity contribution >= 4 is 11.2 Å². The summed E-state index contributed by atoms with van der Waals surface area (Å²) in [5.41, 5.74) is 6.07. The van der Waals surface area contributed by atoms with Crippen LogP contribution in [0.1, 0.15) is 45.9 Å². The molecule has 2 N–H and O–H groups in total. The number of hydrogen-bond acceptors (Lipinski definition) is 4. The highest BCUT2D eigenvalue weighted by atomic mass is 16.2. The van der Waals surface area contributed by atoms with Crippen molar-refractivity contribution in [1.82, 2.24) is 18.7 Å². The van der Waals surface area contributed by atoms with Gasteiger partial charge in [-0.2, -0.15) is 0 Å². The largest absolute Gasteiger partial charge is 0.332 e. The molecule has 0 saturated heterocycles. The molecule has 0 aliphatic carbocycles. The molecule has 0 saturated carbocycles. The molecule has 7 nitrogen and oxygen atoms in total. The van der Waals surface area contributed by atoms with Crippen LogP contribution in [0, 0.1) is 0 Å². The molecule has 0 aliphatic rings. The maximum Gasteiger partial charge on any atom is 0.332 e. The van der Waals surface area contributed by atoms with Gasteiger partial charge >= 0.3 is 5.69 Å². The fourth-order valence-corrected chi connectivity index (χ4v) is 2.79. The Morgan fingerprint density at radius 2 is 1.73 bits per heavy atom. The minimum absolute atomic E-state index is 0.167. The highest BCUT2D eigenvalue weighted by Crippen LogP contribution is 2.19. The molecule has 0 bridgehead atoms. The summed E-state index contributed by atoms with van der Waals surface area (Å²) in [7, 11) is 0. The van der Waals surface area contributed by atoms with E-state index in [0.29, 0.717) is 37.3 Å². The molecule has 2 aromatic rings. The van der Waals surface area contributed by atoms with E-state index in [2.05, 4.69) is 4.98 Å². The highest BCUT2D eigenvalue weighted by molar-refractivity contribution is 5.71. The molecular weight excluding hydrogens is 282 g/mol. The Balaban J connectivity index is 2.93. The molecule has 22 heavy (non-hydrogen) atoms. The first-order chi connectivity index (χ1) is 10.5. The van der Waals surface area contributed by atoms with Crippen molar-refractivity contribution in [1.29, 1.82) is 0 Å². The molecule has 122 valence electrons. The molecule has 2 rings (SSSR count). The normalized spacial score (nSPS) is 11.7. The summed E-state index contributed by atoms with van der Waals surface area (Å²) in [6.07, 6.45) is 0.766. The summed E-state index contributed by atoms with van der Waals surface area (Å²) in [5.74, 6) is 0.996. The second-order valence-electron chi connectivity index (χ2n) is 5.67. The van der Waals surface area contributed by atoms with Crippen molar-refractivity contribution in [2.75, 3.05) is 6.54 Å². The van der Waals surface area contributed by atoms with Gasteiger partial charge in [-0.15, -0.1) is 0 Å². The Morgan fingerprint density at radius 1 is 1.09 bits per heavy atom. The van der Waals surface area contributed by atoms with Gasteiger partial charge in [-0.3, -0.25) is 13.9 Å². The molecular formula is C15H25N5O2. The minimum atomic E-state index is -0.290. The lowest BCUT2D eigenvalue weighted by Gasteiger charge is -2.11. The SMILES string of the molecule is CCn1c(=O)c2c(nc(C(C)C)n2CCCN)n(CC)c1=O. The molecule has 0 spiro atoms. The smallest absolute Gasteiger partial charge is 0.330 e. The number of nitrogens with two attached hydrogens (primary N) is 1. The van der Waals surface area contributed by atoms with Gasteiger partial charge in [-0.1, -0.05) is 13.8 Å². The van der Waals surface area contributed by atoms with Crippen LogP contribution in [0.5, 0.6) is 0 Å².